The van der Waals surface area contributed by atoms with Gasteiger partial charge < -0.3 is 9.11 Å². The minimum atomic E-state index is -2.86. The summed E-state index contributed by atoms with van der Waals surface area (Å²) in [6.45, 7) is 4.53. The molecule has 0 amide bonds. The average Bonchev–Trinajstić information content (AvgIpc) is 2.03. The molecule has 1 unspecified atom stereocenters. The van der Waals surface area contributed by atoms with Crippen LogP contribution >= 0.6 is 0 Å². The Bertz CT molecular complexity index is 102. The molecule has 14 heavy (non-hydrogen) atoms. The van der Waals surface area contributed by atoms with Crippen molar-refractivity contribution in [3.63, 3.8) is 0 Å². The standard InChI is InChI=1S/C9H20.Na.H2O3S/c1-3-5-7-9-8-6-4-2;;1-4(2)3/h3-9H2,1-2H3;;(H2,1,2,3)/q;+1;/p-1. The van der Waals surface area contributed by atoms with Crippen molar-refractivity contribution in [2.24, 2.45) is 0 Å². The Hall–Kier alpha value is 1.07. The molecule has 0 aromatic rings. The summed E-state index contributed by atoms with van der Waals surface area (Å²) in [5.74, 6) is 0. The summed E-state index contributed by atoms with van der Waals surface area (Å²) in [6.07, 6.45) is 9.97. The summed E-state index contributed by atoms with van der Waals surface area (Å²) in [4.78, 5) is 0. The van der Waals surface area contributed by atoms with Gasteiger partial charge in [-0.25, -0.2) is 4.21 Å². The Morgan fingerprint density at radius 2 is 1.21 bits per heavy atom. The van der Waals surface area contributed by atoms with E-state index in [0.29, 0.717) is 0 Å². The van der Waals surface area contributed by atoms with E-state index in [9.17, 15) is 0 Å². The van der Waals surface area contributed by atoms with Gasteiger partial charge in [0.1, 0.15) is 0 Å². The topological polar surface area (TPSA) is 60.4 Å². The van der Waals surface area contributed by atoms with Crippen molar-refractivity contribution in [2.45, 2.75) is 58.8 Å². The first kappa shape index (κ1) is 20.5. The molecule has 0 aromatic heterocycles. The second-order valence-corrected chi connectivity index (χ2v) is 3.42. The van der Waals surface area contributed by atoms with Crippen molar-refractivity contribution in [1.29, 1.82) is 0 Å². The van der Waals surface area contributed by atoms with Gasteiger partial charge in [-0.3, -0.25) is 0 Å². The van der Waals surface area contributed by atoms with Gasteiger partial charge in [0, 0.05) is 0 Å². The number of hydrogen-bond acceptors (Lipinski definition) is 2. The maximum absolute atomic E-state index is 8.56. The molecule has 1 atom stereocenters. The van der Waals surface area contributed by atoms with Crippen LogP contribution in [0.25, 0.3) is 0 Å². The molecule has 0 heterocycles. The van der Waals surface area contributed by atoms with Gasteiger partial charge in [-0.05, 0) is 0 Å². The molecular weight excluding hydrogens is 211 g/mol. The molecule has 0 radical (unpaired) electrons. The minimum absolute atomic E-state index is 0. The molecule has 0 saturated heterocycles. The summed E-state index contributed by atoms with van der Waals surface area (Å²) in [5, 5.41) is 0. The molecule has 0 bridgehead atoms. The van der Waals surface area contributed by atoms with E-state index in [1.807, 2.05) is 0 Å². The van der Waals surface area contributed by atoms with Crippen LogP contribution in [0.2, 0.25) is 0 Å². The van der Waals surface area contributed by atoms with E-state index >= 15 is 0 Å². The summed E-state index contributed by atoms with van der Waals surface area (Å²) in [7, 11) is 0. The molecule has 0 saturated carbocycles. The average molecular weight is 232 g/mol. The summed E-state index contributed by atoms with van der Waals surface area (Å²) in [5.41, 5.74) is 0. The van der Waals surface area contributed by atoms with E-state index < -0.39 is 11.4 Å². The molecule has 0 aliphatic rings. The Labute approximate surface area is 112 Å². The smallest absolute Gasteiger partial charge is 0.750 e. The van der Waals surface area contributed by atoms with Crippen LogP contribution in [0.4, 0.5) is 0 Å². The molecule has 0 spiro atoms. The van der Waals surface area contributed by atoms with E-state index in [0.717, 1.165) is 0 Å². The van der Waals surface area contributed by atoms with E-state index in [4.69, 9.17) is 13.3 Å². The zero-order chi connectivity index (χ0) is 10.5. The first-order valence-electron chi connectivity index (χ1n) is 4.93. The Morgan fingerprint density at radius 3 is 1.43 bits per heavy atom. The van der Waals surface area contributed by atoms with Gasteiger partial charge in [0.2, 0.25) is 0 Å². The summed E-state index contributed by atoms with van der Waals surface area (Å²) in [6, 6.07) is 0. The Balaban J connectivity index is -0.000000209. The normalized spacial score (nSPS) is 10.9. The second kappa shape index (κ2) is 19.6. The maximum atomic E-state index is 8.56. The van der Waals surface area contributed by atoms with Crippen LogP contribution in [-0.2, 0) is 11.4 Å². The first-order chi connectivity index (χ1) is 6.15. The predicted octanol–water partition coefficient (Wildman–Crippen LogP) is 0.0994. The largest absolute Gasteiger partial charge is 1.00 e. The fourth-order valence-corrected chi connectivity index (χ4v) is 1.03. The van der Waals surface area contributed by atoms with Crippen molar-refractivity contribution in [3.05, 3.63) is 0 Å². The molecule has 1 N–H and O–H groups in total. The molecule has 0 fully saturated rings. The third-order valence-electron chi connectivity index (χ3n) is 1.71. The van der Waals surface area contributed by atoms with Crippen molar-refractivity contribution >= 4 is 11.4 Å². The van der Waals surface area contributed by atoms with Gasteiger partial charge in [0.25, 0.3) is 0 Å². The molecule has 5 heteroatoms. The van der Waals surface area contributed by atoms with E-state index in [2.05, 4.69) is 13.8 Å². The third kappa shape index (κ3) is 38.1. The number of unbranched alkanes of at least 4 members (excludes halogenated alkanes) is 6. The van der Waals surface area contributed by atoms with Crippen LogP contribution in [-0.4, -0.2) is 13.3 Å². The van der Waals surface area contributed by atoms with E-state index in [1.54, 1.807) is 0 Å². The van der Waals surface area contributed by atoms with Crippen LogP contribution in [0, 0.1) is 0 Å². The van der Waals surface area contributed by atoms with Gasteiger partial charge in [-0.15, -0.1) is 0 Å². The fraction of sp³-hybridized carbons (Fsp3) is 1.00. The Morgan fingerprint density at radius 1 is 1.00 bits per heavy atom. The first-order valence-corrected chi connectivity index (χ1v) is 5.96. The Kier molecular flexibility index (Phi) is 28.7. The minimum Gasteiger partial charge on any atom is -0.750 e. The van der Waals surface area contributed by atoms with Crippen LogP contribution in [0.15, 0.2) is 0 Å². The van der Waals surface area contributed by atoms with Crippen LogP contribution < -0.4 is 29.6 Å². The van der Waals surface area contributed by atoms with Crippen LogP contribution in [0.3, 0.4) is 0 Å². The summed E-state index contributed by atoms with van der Waals surface area (Å²) >= 11 is -2.86. The van der Waals surface area contributed by atoms with Gasteiger partial charge in [-0.1, -0.05) is 58.8 Å². The van der Waals surface area contributed by atoms with Crippen molar-refractivity contribution in [3.8, 4) is 0 Å². The number of rotatable bonds is 6. The zero-order valence-electron chi connectivity index (χ0n) is 9.62. The van der Waals surface area contributed by atoms with Crippen LogP contribution in [0.1, 0.15) is 58.8 Å². The van der Waals surface area contributed by atoms with Gasteiger partial charge >= 0.3 is 29.6 Å². The SMILES string of the molecule is CCCCCCCCC.O=S([O-])O.[Na+]. The van der Waals surface area contributed by atoms with E-state index in [1.165, 1.54) is 44.9 Å². The third-order valence-corrected chi connectivity index (χ3v) is 1.71. The van der Waals surface area contributed by atoms with Gasteiger partial charge in [0.05, 0.1) is 11.4 Å². The van der Waals surface area contributed by atoms with Crippen molar-refractivity contribution in [2.75, 3.05) is 0 Å². The molecule has 82 valence electrons. The monoisotopic (exact) mass is 232 g/mol. The molecule has 0 aliphatic carbocycles. The van der Waals surface area contributed by atoms with Gasteiger partial charge in [-0.2, -0.15) is 0 Å². The maximum Gasteiger partial charge on any atom is 1.00 e. The molecule has 0 aliphatic heterocycles. The molecule has 0 rings (SSSR count). The van der Waals surface area contributed by atoms with Gasteiger partial charge in [0.15, 0.2) is 0 Å². The van der Waals surface area contributed by atoms with Crippen LogP contribution in [0.5, 0.6) is 0 Å². The second-order valence-electron chi connectivity index (χ2n) is 2.98. The molecule has 0 aromatic carbocycles. The zero-order valence-corrected chi connectivity index (χ0v) is 12.4. The van der Waals surface area contributed by atoms with Crippen molar-refractivity contribution < 1.29 is 42.9 Å². The molecular formula is C9H21NaO3S. The molecule has 3 nitrogen and oxygen atoms in total. The van der Waals surface area contributed by atoms with Crippen molar-refractivity contribution in [1.82, 2.24) is 0 Å². The number of hydrogen-bond donors (Lipinski definition) is 1. The predicted molar refractivity (Wildman–Crippen MR) is 55.2 cm³/mol. The summed E-state index contributed by atoms with van der Waals surface area (Å²) < 4.78 is 24.1. The van der Waals surface area contributed by atoms with E-state index in [-0.39, 0.29) is 29.6 Å². The quantitative estimate of drug-likeness (QED) is 0.401. The fourth-order valence-electron chi connectivity index (χ4n) is 1.03.